The fourth-order valence-electron chi connectivity index (χ4n) is 1.97. The van der Waals surface area contributed by atoms with Gasteiger partial charge >= 0.3 is 0 Å². The number of ether oxygens (including phenoxy) is 1. The Morgan fingerprint density at radius 1 is 1.50 bits per heavy atom. The maximum absolute atomic E-state index is 11.6. The number of aryl methyl sites for hydroxylation is 1. The predicted molar refractivity (Wildman–Crippen MR) is 59.6 cm³/mol. The summed E-state index contributed by atoms with van der Waals surface area (Å²) < 4.78 is 5.08. The van der Waals surface area contributed by atoms with E-state index in [1.165, 1.54) is 0 Å². The highest BCUT2D eigenvalue weighted by Crippen LogP contribution is 2.20. The van der Waals surface area contributed by atoms with Crippen LogP contribution in [0.1, 0.15) is 47.6 Å². The van der Waals surface area contributed by atoms with Gasteiger partial charge in [-0.05, 0) is 12.8 Å². The van der Waals surface area contributed by atoms with Crippen LogP contribution in [0.4, 0.5) is 0 Å². The number of ketones is 1. The molecule has 1 aliphatic rings. The predicted octanol–water partition coefficient (Wildman–Crippen LogP) is 1.75. The van der Waals surface area contributed by atoms with E-state index in [9.17, 15) is 4.79 Å². The number of hydrogen-bond acceptors (Lipinski definition) is 4. The number of carbonyl (C=O) groups is 1. The molecule has 0 saturated heterocycles. The van der Waals surface area contributed by atoms with E-state index in [-0.39, 0.29) is 11.7 Å². The number of rotatable bonds is 3. The first-order valence-electron chi connectivity index (χ1n) is 5.60. The van der Waals surface area contributed by atoms with Gasteiger partial charge in [-0.3, -0.25) is 4.79 Å². The minimum Gasteiger partial charge on any atom is -0.384 e. The Bertz CT molecular complexity index is 404. The molecule has 1 aliphatic carbocycles. The lowest BCUT2D eigenvalue weighted by molar-refractivity contribution is 0.0971. The molecule has 1 aromatic rings. The van der Waals surface area contributed by atoms with Gasteiger partial charge in [0, 0.05) is 25.6 Å². The summed E-state index contributed by atoms with van der Waals surface area (Å²) in [5.41, 5.74) is 1.61. The lowest BCUT2D eigenvalue weighted by atomic mass is 9.96. The molecule has 0 radical (unpaired) electrons. The van der Waals surface area contributed by atoms with E-state index in [1.807, 2.05) is 6.92 Å². The van der Waals surface area contributed by atoms with Crippen LogP contribution in [0, 0.1) is 0 Å². The molecule has 16 heavy (non-hydrogen) atoms. The van der Waals surface area contributed by atoms with Gasteiger partial charge in [0.25, 0.3) is 0 Å². The molecular formula is C12H16N2O2. The molecule has 0 aliphatic heterocycles. The van der Waals surface area contributed by atoms with Crippen molar-refractivity contribution in [3.05, 3.63) is 23.3 Å². The van der Waals surface area contributed by atoms with E-state index < -0.39 is 0 Å². The highest BCUT2D eigenvalue weighted by atomic mass is 16.5. The third-order valence-electron chi connectivity index (χ3n) is 2.86. The van der Waals surface area contributed by atoms with Crippen molar-refractivity contribution < 1.29 is 9.53 Å². The first kappa shape index (κ1) is 11.2. The van der Waals surface area contributed by atoms with Crippen LogP contribution in [-0.2, 0) is 11.2 Å². The van der Waals surface area contributed by atoms with Crippen LogP contribution in [0.2, 0.25) is 0 Å². The second-order valence-electron chi connectivity index (χ2n) is 4.22. The van der Waals surface area contributed by atoms with Crippen molar-refractivity contribution in [2.45, 2.75) is 32.1 Å². The summed E-state index contributed by atoms with van der Waals surface area (Å²) in [6.45, 7) is 2.63. The lowest BCUT2D eigenvalue weighted by Gasteiger charge is -2.16. The SMILES string of the molecule is COCC(C)c1ncc2c(n1)CCCC2=O. The number of hydrogen-bond donors (Lipinski definition) is 0. The van der Waals surface area contributed by atoms with Gasteiger partial charge in [-0.2, -0.15) is 0 Å². The largest absolute Gasteiger partial charge is 0.384 e. The Kier molecular flexibility index (Phi) is 3.29. The quantitative estimate of drug-likeness (QED) is 0.778. The fraction of sp³-hybridized carbons (Fsp3) is 0.583. The van der Waals surface area contributed by atoms with Gasteiger partial charge in [-0.15, -0.1) is 0 Å². The third kappa shape index (κ3) is 2.11. The van der Waals surface area contributed by atoms with Crippen LogP contribution in [-0.4, -0.2) is 29.5 Å². The molecule has 4 nitrogen and oxygen atoms in total. The minimum absolute atomic E-state index is 0.173. The van der Waals surface area contributed by atoms with Gasteiger partial charge in [0.1, 0.15) is 5.82 Å². The highest BCUT2D eigenvalue weighted by Gasteiger charge is 2.20. The zero-order valence-electron chi connectivity index (χ0n) is 9.69. The molecule has 0 amide bonds. The van der Waals surface area contributed by atoms with Crippen molar-refractivity contribution >= 4 is 5.78 Å². The molecule has 4 heteroatoms. The van der Waals surface area contributed by atoms with Crippen LogP contribution >= 0.6 is 0 Å². The monoisotopic (exact) mass is 220 g/mol. The Morgan fingerprint density at radius 3 is 3.06 bits per heavy atom. The standard InChI is InChI=1S/C12H16N2O2/c1-8(7-16-2)12-13-6-9-10(14-12)4-3-5-11(9)15/h6,8H,3-5,7H2,1-2H3. The van der Waals surface area contributed by atoms with E-state index in [0.29, 0.717) is 18.6 Å². The van der Waals surface area contributed by atoms with Crippen LogP contribution in [0.5, 0.6) is 0 Å². The second-order valence-corrected chi connectivity index (χ2v) is 4.22. The van der Waals surface area contributed by atoms with Gasteiger partial charge in [0.2, 0.25) is 0 Å². The second kappa shape index (κ2) is 4.70. The Labute approximate surface area is 95.1 Å². The molecule has 86 valence electrons. The molecule has 0 bridgehead atoms. The summed E-state index contributed by atoms with van der Waals surface area (Å²) in [5.74, 6) is 1.12. The van der Waals surface area contributed by atoms with Crippen LogP contribution in [0.25, 0.3) is 0 Å². The number of fused-ring (bicyclic) bond motifs is 1. The van der Waals surface area contributed by atoms with Crippen molar-refractivity contribution in [2.75, 3.05) is 13.7 Å². The molecule has 1 atom stereocenters. The Hall–Kier alpha value is -1.29. The summed E-state index contributed by atoms with van der Waals surface area (Å²) in [6.07, 6.45) is 4.09. The lowest BCUT2D eigenvalue weighted by Crippen LogP contribution is -2.16. The first-order chi connectivity index (χ1) is 7.72. The highest BCUT2D eigenvalue weighted by molar-refractivity contribution is 5.97. The average molecular weight is 220 g/mol. The van der Waals surface area contributed by atoms with Crippen molar-refractivity contribution in [2.24, 2.45) is 0 Å². The van der Waals surface area contributed by atoms with Crippen molar-refractivity contribution in [3.63, 3.8) is 0 Å². The molecule has 0 aromatic carbocycles. The third-order valence-corrected chi connectivity index (χ3v) is 2.86. The Morgan fingerprint density at radius 2 is 2.31 bits per heavy atom. The van der Waals surface area contributed by atoms with Crippen LogP contribution < -0.4 is 0 Å². The average Bonchev–Trinajstić information content (AvgIpc) is 2.29. The number of Topliss-reactive ketones (excluding diaryl/α,β-unsaturated/α-hetero) is 1. The van der Waals surface area contributed by atoms with Crippen molar-refractivity contribution in [1.82, 2.24) is 9.97 Å². The van der Waals surface area contributed by atoms with Crippen molar-refractivity contribution in [3.8, 4) is 0 Å². The minimum atomic E-state index is 0.173. The fourth-order valence-corrected chi connectivity index (χ4v) is 1.97. The maximum Gasteiger partial charge on any atom is 0.166 e. The number of aromatic nitrogens is 2. The topological polar surface area (TPSA) is 52.1 Å². The zero-order chi connectivity index (χ0) is 11.5. The summed E-state index contributed by atoms with van der Waals surface area (Å²) in [6, 6.07) is 0. The van der Waals surface area contributed by atoms with E-state index in [2.05, 4.69) is 9.97 Å². The molecule has 0 saturated carbocycles. The summed E-state index contributed by atoms with van der Waals surface area (Å²) in [7, 11) is 1.67. The molecule has 2 rings (SSSR count). The van der Waals surface area contributed by atoms with E-state index >= 15 is 0 Å². The van der Waals surface area contributed by atoms with Gasteiger partial charge in [-0.1, -0.05) is 6.92 Å². The number of methoxy groups -OCH3 is 1. The molecule has 1 aromatic heterocycles. The van der Waals surface area contributed by atoms with Gasteiger partial charge in [-0.25, -0.2) is 9.97 Å². The molecular weight excluding hydrogens is 204 g/mol. The molecule has 1 heterocycles. The molecule has 0 spiro atoms. The van der Waals surface area contributed by atoms with E-state index in [0.717, 1.165) is 24.4 Å². The van der Waals surface area contributed by atoms with Gasteiger partial charge < -0.3 is 4.74 Å². The first-order valence-corrected chi connectivity index (χ1v) is 5.60. The number of carbonyl (C=O) groups excluding carboxylic acids is 1. The van der Waals surface area contributed by atoms with Crippen molar-refractivity contribution in [1.29, 1.82) is 0 Å². The summed E-state index contributed by atoms with van der Waals surface area (Å²) in [4.78, 5) is 20.3. The molecule has 0 N–H and O–H groups in total. The normalized spacial score (nSPS) is 17.0. The van der Waals surface area contributed by atoms with E-state index in [1.54, 1.807) is 13.3 Å². The summed E-state index contributed by atoms with van der Waals surface area (Å²) >= 11 is 0. The van der Waals surface area contributed by atoms with Crippen LogP contribution in [0.3, 0.4) is 0 Å². The van der Waals surface area contributed by atoms with Gasteiger partial charge in [0.15, 0.2) is 5.78 Å². The zero-order valence-corrected chi connectivity index (χ0v) is 9.69. The number of nitrogens with zero attached hydrogens (tertiary/aromatic N) is 2. The molecule has 1 unspecified atom stereocenters. The molecule has 0 fully saturated rings. The Balaban J connectivity index is 2.28. The smallest absolute Gasteiger partial charge is 0.166 e. The maximum atomic E-state index is 11.6. The van der Waals surface area contributed by atoms with Gasteiger partial charge in [0.05, 0.1) is 17.9 Å². The van der Waals surface area contributed by atoms with Crippen LogP contribution in [0.15, 0.2) is 6.20 Å². The summed E-state index contributed by atoms with van der Waals surface area (Å²) in [5, 5.41) is 0. The van der Waals surface area contributed by atoms with E-state index in [4.69, 9.17) is 4.74 Å².